The molecule has 3 aromatic rings. The van der Waals surface area contributed by atoms with E-state index in [0.29, 0.717) is 25.2 Å². The number of rotatable bonds is 11. The first-order valence-corrected chi connectivity index (χ1v) is 12.7. The molecule has 0 aromatic heterocycles. The summed E-state index contributed by atoms with van der Waals surface area (Å²) in [5.41, 5.74) is 3.21. The molecule has 0 bridgehead atoms. The number of hydrogen-bond acceptors (Lipinski definition) is 5. The van der Waals surface area contributed by atoms with Gasteiger partial charge in [0.2, 0.25) is 0 Å². The first-order chi connectivity index (χ1) is 16.7. The lowest BCUT2D eigenvalue weighted by Gasteiger charge is -2.44. The van der Waals surface area contributed by atoms with E-state index >= 15 is 0 Å². The summed E-state index contributed by atoms with van der Waals surface area (Å²) < 4.78 is 24.8. The van der Waals surface area contributed by atoms with E-state index in [1.165, 1.54) is 0 Å². The fraction of sp³-hybridized carbons (Fsp3) is 0.357. The lowest BCUT2D eigenvalue weighted by molar-refractivity contribution is -0.288. The molecule has 0 radical (unpaired) electrons. The summed E-state index contributed by atoms with van der Waals surface area (Å²) >= 11 is 3.54. The highest BCUT2D eigenvalue weighted by atomic mass is 79.9. The highest BCUT2D eigenvalue weighted by Crippen LogP contribution is 2.32. The number of hydrogen-bond donors (Lipinski definition) is 1. The van der Waals surface area contributed by atoms with E-state index in [1.54, 1.807) is 0 Å². The average molecular weight is 527 g/mol. The summed E-state index contributed by atoms with van der Waals surface area (Å²) in [5, 5.41) is 11.3. The molecule has 3 aromatic carbocycles. The minimum atomic E-state index is -0.984. The number of aliphatic hydroxyl groups excluding tert-OH is 1. The lowest BCUT2D eigenvalue weighted by Crippen LogP contribution is -2.58. The largest absolute Gasteiger partial charge is 0.374 e. The summed E-state index contributed by atoms with van der Waals surface area (Å²) in [6.07, 6.45) is -2.25. The standard InChI is InChI=1S/C28H31BrO5/c29-16-24-26(32-18-22-12-6-2-7-13-22)27(33-19-23-14-8-3-9-15-23)25(34-28(24)30)20-31-17-21-10-4-1-5-11-21/h1-15,24-28,30H,16-20H2/t24-,25+,26+,27+,28-/m0/s1. The molecule has 1 aliphatic rings. The molecule has 180 valence electrons. The molecule has 1 N–H and O–H groups in total. The van der Waals surface area contributed by atoms with Gasteiger partial charge in [-0.15, -0.1) is 0 Å². The van der Waals surface area contributed by atoms with E-state index in [1.807, 2.05) is 91.0 Å². The van der Waals surface area contributed by atoms with Crippen molar-refractivity contribution in [3.05, 3.63) is 108 Å². The minimum absolute atomic E-state index is 0.283. The van der Waals surface area contributed by atoms with Gasteiger partial charge >= 0.3 is 0 Å². The normalized spacial score (nSPS) is 24.7. The van der Waals surface area contributed by atoms with Gasteiger partial charge in [-0.25, -0.2) is 0 Å². The molecule has 0 spiro atoms. The maximum atomic E-state index is 10.8. The highest BCUT2D eigenvalue weighted by molar-refractivity contribution is 9.09. The maximum absolute atomic E-state index is 10.8. The van der Waals surface area contributed by atoms with Crippen LogP contribution in [0.4, 0.5) is 0 Å². The van der Waals surface area contributed by atoms with Crippen molar-refractivity contribution < 1.29 is 24.1 Å². The van der Waals surface area contributed by atoms with Crippen molar-refractivity contribution in [1.29, 1.82) is 0 Å². The van der Waals surface area contributed by atoms with Crippen LogP contribution in [0.2, 0.25) is 0 Å². The molecule has 1 fully saturated rings. The van der Waals surface area contributed by atoms with E-state index in [0.717, 1.165) is 16.7 Å². The van der Waals surface area contributed by atoms with E-state index in [2.05, 4.69) is 15.9 Å². The van der Waals surface area contributed by atoms with E-state index in [4.69, 9.17) is 18.9 Å². The predicted octanol–water partition coefficient (Wildman–Crippen LogP) is 5.10. The van der Waals surface area contributed by atoms with Gasteiger partial charge in [-0.2, -0.15) is 0 Å². The lowest BCUT2D eigenvalue weighted by atomic mass is 9.92. The third kappa shape index (κ3) is 6.98. The fourth-order valence-corrected chi connectivity index (χ4v) is 4.78. The molecule has 5 nitrogen and oxygen atoms in total. The maximum Gasteiger partial charge on any atom is 0.161 e. The van der Waals surface area contributed by atoms with E-state index in [-0.39, 0.29) is 18.6 Å². The van der Waals surface area contributed by atoms with Gasteiger partial charge in [-0.3, -0.25) is 0 Å². The van der Waals surface area contributed by atoms with Gasteiger partial charge in [0.15, 0.2) is 6.29 Å². The van der Waals surface area contributed by atoms with Gasteiger partial charge in [0.05, 0.1) is 32.5 Å². The molecule has 1 saturated heterocycles. The molecule has 1 heterocycles. The van der Waals surface area contributed by atoms with Crippen molar-refractivity contribution in [3.8, 4) is 0 Å². The van der Waals surface area contributed by atoms with Crippen LogP contribution in [0.25, 0.3) is 0 Å². The molecule has 6 heteroatoms. The van der Waals surface area contributed by atoms with Crippen molar-refractivity contribution in [2.24, 2.45) is 5.92 Å². The summed E-state index contributed by atoms with van der Waals surface area (Å²) in [5.74, 6) is -0.283. The van der Waals surface area contributed by atoms with Gasteiger partial charge in [0.25, 0.3) is 0 Å². The summed E-state index contributed by atoms with van der Waals surface area (Å²) in [7, 11) is 0. The average Bonchev–Trinajstić information content (AvgIpc) is 2.88. The fourth-order valence-electron chi connectivity index (χ4n) is 4.09. The first-order valence-electron chi connectivity index (χ1n) is 11.6. The van der Waals surface area contributed by atoms with Gasteiger partial charge < -0.3 is 24.1 Å². The summed E-state index contributed by atoms with van der Waals surface area (Å²) in [6, 6.07) is 30.0. The number of aliphatic hydroxyl groups is 1. The molecule has 34 heavy (non-hydrogen) atoms. The molecular weight excluding hydrogens is 496 g/mol. The van der Waals surface area contributed by atoms with Crippen molar-refractivity contribution >= 4 is 15.9 Å². The van der Waals surface area contributed by atoms with Crippen LogP contribution in [0.1, 0.15) is 16.7 Å². The molecule has 0 aliphatic carbocycles. The Labute approximate surface area is 209 Å². The Morgan fingerprint density at radius 1 is 0.676 bits per heavy atom. The zero-order chi connectivity index (χ0) is 23.6. The Kier molecular flexibility index (Phi) is 9.68. The molecule has 4 rings (SSSR count). The van der Waals surface area contributed by atoms with Crippen LogP contribution in [-0.4, -0.2) is 41.6 Å². The van der Waals surface area contributed by atoms with E-state index in [9.17, 15) is 5.11 Å². The topological polar surface area (TPSA) is 57.2 Å². The molecule has 1 aliphatic heterocycles. The SMILES string of the molecule is O[C@H]1O[C@H](COCc2ccccc2)[C@@H](OCc2ccccc2)[C@H](OCc2ccccc2)[C@@H]1CBr. The van der Waals surface area contributed by atoms with Crippen LogP contribution in [0.5, 0.6) is 0 Å². The monoisotopic (exact) mass is 526 g/mol. The Hall–Kier alpha value is -2.06. The smallest absolute Gasteiger partial charge is 0.161 e. The second-order valence-corrected chi connectivity index (χ2v) is 9.05. The van der Waals surface area contributed by atoms with E-state index < -0.39 is 18.5 Å². The van der Waals surface area contributed by atoms with Crippen molar-refractivity contribution in [3.63, 3.8) is 0 Å². The molecule has 0 amide bonds. The van der Waals surface area contributed by atoms with Gasteiger partial charge in [-0.05, 0) is 16.7 Å². The summed E-state index contributed by atoms with van der Waals surface area (Å²) in [4.78, 5) is 0. The molecule has 5 atom stereocenters. The molecule has 0 saturated carbocycles. The number of ether oxygens (including phenoxy) is 4. The van der Waals surface area contributed by atoms with Crippen LogP contribution in [0.3, 0.4) is 0 Å². The Balaban J connectivity index is 1.49. The van der Waals surface area contributed by atoms with Crippen molar-refractivity contribution in [2.45, 2.75) is 44.4 Å². The van der Waals surface area contributed by atoms with Crippen LogP contribution >= 0.6 is 15.9 Å². The van der Waals surface area contributed by atoms with Crippen molar-refractivity contribution in [2.75, 3.05) is 11.9 Å². The van der Waals surface area contributed by atoms with Crippen LogP contribution < -0.4 is 0 Å². The number of halogens is 1. The second kappa shape index (κ2) is 13.1. The van der Waals surface area contributed by atoms with Crippen LogP contribution in [0.15, 0.2) is 91.0 Å². The zero-order valence-corrected chi connectivity index (χ0v) is 20.6. The van der Waals surface area contributed by atoms with Crippen LogP contribution in [-0.2, 0) is 38.8 Å². The third-order valence-electron chi connectivity index (χ3n) is 5.94. The Bertz CT molecular complexity index is 956. The van der Waals surface area contributed by atoms with Gasteiger partial charge in [0, 0.05) is 11.2 Å². The molecule has 0 unspecified atom stereocenters. The van der Waals surface area contributed by atoms with Crippen molar-refractivity contribution in [1.82, 2.24) is 0 Å². The molecular formula is C28H31BrO5. The first kappa shape index (κ1) is 25.0. The number of benzene rings is 3. The highest BCUT2D eigenvalue weighted by Gasteiger charge is 2.46. The summed E-state index contributed by atoms with van der Waals surface area (Å²) in [6.45, 7) is 1.58. The third-order valence-corrected chi connectivity index (χ3v) is 6.68. The van der Waals surface area contributed by atoms with Crippen LogP contribution in [0, 0.1) is 5.92 Å². The zero-order valence-electron chi connectivity index (χ0n) is 19.0. The van der Waals surface area contributed by atoms with Gasteiger partial charge in [0.1, 0.15) is 12.2 Å². The quantitative estimate of drug-likeness (QED) is 0.352. The van der Waals surface area contributed by atoms with Gasteiger partial charge in [-0.1, -0.05) is 107 Å². The Morgan fingerprint density at radius 3 is 1.65 bits per heavy atom. The second-order valence-electron chi connectivity index (χ2n) is 8.41. The number of alkyl halides is 1. The predicted molar refractivity (Wildman–Crippen MR) is 134 cm³/mol. The minimum Gasteiger partial charge on any atom is -0.374 e. The Morgan fingerprint density at radius 2 is 1.15 bits per heavy atom.